The van der Waals surface area contributed by atoms with Gasteiger partial charge in [-0.3, -0.25) is 14.9 Å². The summed E-state index contributed by atoms with van der Waals surface area (Å²) in [5.41, 5.74) is 3.57. The fraction of sp³-hybridized carbons (Fsp3) is 0.526. The summed E-state index contributed by atoms with van der Waals surface area (Å²) >= 11 is 0. The Morgan fingerprint density at radius 3 is 2.72 bits per heavy atom. The lowest BCUT2D eigenvalue weighted by Crippen LogP contribution is -2.38. The van der Waals surface area contributed by atoms with Gasteiger partial charge in [-0.25, -0.2) is 0 Å². The van der Waals surface area contributed by atoms with Crippen LogP contribution in [0.5, 0.6) is 5.75 Å². The van der Waals surface area contributed by atoms with Gasteiger partial charge in [-0.05, 0) is 20.0 Å². The van der Waals surface area contributed by atoms with E-state index in [4.69, 9.17) is 9.47 Å². The van der Waals surface area contributed by atoms with Crippen LogP contribution in [-0.2, 0) is 17.8 Å². The molecule has 1 aliphatic heterocycles. The molecule has 0 amide bonds. The summed E-state index contributed by atoms with van der Waals surface area (Å²) in [6.07, 6.45) is 1.90. The van der Waals surface area contributed by atoms with E-state index in [-0.39, 0.29) is 0 Å². The van der Waals surface area contributed by atoms with Crippen LogP contribution in [0.2, 0.25) is 0 Å². The van der Waals surface area contributed by atoms with Gasteiger partial charge in [0.25, 0.3) is 0 Å². The highest BCUT2D eigenvalue weighted by molar-refractivity contribution is 5.33. The van der Waals surface area contributed by atoms with Gasteiger partial charge in [0.1, 0.15) is 12.4 Å². The number of ether oxygens (including phenoxy) is 2. The summed E-state index contributed by atoms with van der Waals surface area (Å²) in [5.74, 6) is 0.978. The highest BCUT2D eigenvalue weighted by Crippen LogP contribution is 2.20. The van der Waals surface area contributed by atoms with Crippen molar-refractivity contribution in [2.45, 2.75) is 20.0 Å². The molecule has 1 fully saturated rings. The first-order chi connectivity index (χ1) is 12.2. The second-order valence-corrected chi connectivity index (χ2v) is 6.60. The van der Waals surface area contributed by atoms with E-state index < -0.39 is 0 Å². The minimum absolute atomic E-state index is 0.710. The number of benzene rings is 1. The molecule has 1 aromatic heterocycles. The molecule has 6 heteroatoms. The zero-order valence-corrected chi connectivity index (χ0v) is 15.2. The molecular weight excluding hydrogens is 316 g/mol. The number of aromatic nitrogens is 2. The molecule has 0 bridgehead atoms. The normalized spacial score (nSPS) is 15.6. The van der Waals surface area contributed by atoms with Gasteiger partial charge in [-0.15, -0.1) is 0 Å². The fourth-order valence-corrected chi connectivity index (χ4v) is 3.06. The van der Waals surface area contributed by atoms with Crippen molar-refractivity contribution < 1.29 is 9.47 Å². The first kappa shape index (κ1) is 17.9. The average Bonchev–Trinajstić information content (AvgIpc) is 3.02. The first-order valence-corrected chi connectivity index (χ1v) is 8.90. The molecule has 1 N–H and O–H groups in total. The molecule has 1 saturated heterocycles. The Kier molecular flexibility index (Phi) is 6.44. The van der Waals surface area contributed by atoms with Crippen LogP contribution in [0.1, 0.15) is 16.8 Å². The van der Waals surface area contributed by atoms with Gasteiger partial charge in [0, 0.05) is 49.5 Å². The van der Waals surface area contributed by atoms with Crippen LogP contribution in [0.4, 0.5) is 0 Å². The summed E-state index contributed by atoms with van der Waals surface area (Å²) in [5, 5.41) is 7.09. The summed E-state index contributed by atoms with van der Waals surface area (Å²) in [6.45, 7) is 9.07. The smallest absolute Gasteiger partial charge is 0.123 e. The molecule has 2 heterocycles. The van der Waals surface area contributed by atoms with Crippen LogP contribution < -0.4 is 4.74 Å². The molecule has 1 aromatic carbocycles. The van der Waals surface area contributed by atoms with Gasteiger partial charge in [-0.1, -0.05) is 18.2 Å². The van der Waals surface area contributed by atoms with Crippen molar-refractivity contribution in [2.24, 2.45) is 0 Å². The molecule has 3 rings (SSSR count). The molecule has 1 aliphatic rings. The van der Waals surface area contributed by atoms with Crippen LogP contribution >= 0.6 is 0 Å². The molecular formula is C19H28N4O2. The number of nitrogens with zero attached hydrogens (tertiary/aromatic N) is 3. The van der Waals surface area contributed by atoms with Gasteiger partial charge >= 0.3 is 0 Å². The van der Waals surface area contributed by atoms with Crippen LogP contribution in [-0.4, -0.2) is 66.5 Å². The molecule has 25 heavy (non-hydrogen) atoms. The Balaban J connectivity index is 1.52. The quantitative estimate of drug-likeness (QED) is 0.794. The molecule has 0 aliphatic carbocycles. The van der Waals surface area contributed by atoms with E-state index in [1.165, 1.54) is 11.1 Å². The van der Waals surface area contributed by atoms with Crippen LogP contribution in [0.15, 0.2) is 30.5 Å². The van der Waals surface area contributed by atoms with Gasteiger partial charge < -0.3 is 9.47 Å². The Hall–Kier alpha value is -1.89. The SMILES string of the molecule is Cc1[nH]ncc1CN(C)Cc1ccccc1OCCN1CCOCC1. The Morgan fingerprint density at radius 1 is 1.20 bits per heavy atom. The van der Waals surface area contributed by atoms with Gasteiger partial charge in [0.2, 0.25) is 0 Å². The molecule has 6 nitrogen and oxygen atoms in total. The van der Waals surface area contributed by atoms with E-state index >= 15 is 0 Å². The molecule has 0 radical (unpaired) electrons. The number of H-pyrrole nitrogens is 1. The van der Waals surface area contributed by atoms with E-state index in [0.717, 1.165) is 57.4 Å². The molecule has 0 unspecified atom stereocenters. The van der Waals surface area contributed by atoms with Crippen molar-refractivity contribution >= 4 is 0 Å². The number of aromatic amines is 1. The van der Waals surface area contributed by atoms with E-state index in [1.54, 1.807) is 0 Å². The molecule has 0 saturated carbocycles. The van der Waals surface area contributed by atoms with E-state index in [2.05, 4.69) is 52.2 Å². The lowest BCUT2D eigenvalue weighted by Gasteiger charge is -2.26. The van der Waals surface area contributed by atoms with Crippen LogP contribution in [0.3, 0.4) is 0 Å². The third-order valence-electron chi connectivity index (χ3n) is 4.56. The van der Waals surface area contributed by atoms with Gasteiger partial charge in [0.05, 0.1) is 19.4 Å². The van der Waals surface area contributed by atoms with Gasteiger partial charge in [-0.2, -0.15) is 5.10 Å². The lowest BCUT2D eigenvalue weighted by molar-refractivity contribution is 0.0321. The van der Waals surface area contributed by atoms with E-state index in [1.807, 2.05) is 12.3 Å². The molecule has 0 atom stereocenters. The summed E-state index contributed by atoms with van der Waals surface area (Å²) in [6, 6.07) is 8.31. The second kappa shape index (κ2) is 8.99. The molecule has 136 valence electrons. The Morgan fingerprint density at radius 2 is 1.96 bits per heavy atom. The number of para-hydroxylation sites is 1. The average molecular weight is 344 g/mol. The van der Waals surface area contributed by atoms with Crippen molar-refractivity contribution in [2.75, 3.05) is 46.5 Å². The number of aryl methyl sites for hydroxylation is 1. The summed E-state index contributed by atoms with van der Waals surface area (Å²) in [4.78, 5) is 4.67. The fourth-order valence-electron chi connectivity index (χ4n) is 3.06. The number of hydrogen-bond donors (Lipinski definition) is 1. The van der Waals surface area contributed by atoms with Crippen molar-refractivity contribution in [1.29, 1.82) is 0 Å². The summed E-state index contributed by atoms with van der Waals surface area (Å²) < 4.78 is 11.5. The first-order valence-electron chi connectivity index (χ1n) is 8.90. The van der Waals surface area contributed by atoms with Crippen molar-refractivity contribution in [3.05, 3.63) is 47.3 Å². The number of morpholine rings is 1. The Bertz CT molecular complexity index is 652. The minimum Gasteiger partial charge on any atom is -0.492 e. The molecule has 2 aromatic rings. The largest absolute Gasteiger partial charge is 0.492 e. The maximum absolute atomic E-state index is 6.07. The second-order valence-electron chi connectivity index (χ2n) is 6.60. The molecule has 0 spiro atoms. The van der Waals surface area contributed by atoms with Crippen LogP contribution in [0, 0.1) is 6.92 Å². The number of hydrogen-bond acceptors (Lipinski definition) is 5. The van der Waals surface area contributed by atoms with E-state index in [0.29, 0.717) is 6.61 Å². The maximum atomic E-state index is 6.07. The monoisotopic (exact) mass is 344 g/mol. The number of rotatable bonds is 8. The maximum Gasteiger partial charge on any atom is 0.123 e. The van der Waals surface area contributed by atoms with Crippen molar-refractivity contribution in [1.82, 2.24) is 20.0 Å². The van der Waals surface area contributed by atoms with Crippen molar-refractivity contribution in [3.8, 4) is 5.75 Å². The predicted molar refractivity (Wildman–Crippen MR) is 97.7 cm³/mol. The van der Waals surface area contributed by atoms with Crippen LogP contribution in [0.25, 0.3) is 0 Å². The number of nitrogens with one attached hydrogen (secondary N) is 1. The minimum atomic E-state index is 0.710. The summed E-state index contributed by atoms with van der Waals surface area (Å²) in [7, 11) is 2.12. The lowest BCUT2D eigenvalue weighted by atomic mass is 10.1. The highest BCUT2D eigenvalue weighted by Gasteiger charge is 2.12. The van der Waals surface area contributed by atoms with E-state index in [9.17, 15) is 0 Å². The zero-order valence-electron chi connectivity index (χ0n) is 15.2. The third-order valence-corrected chi connectivity index (χ3v) is 4.56. The third kappa shape index (κ3) is 5.29. The van der Waals surface area contributed by atoms with Crippen molar-refractivity contribution in [3.63, 3.8) is 0 Å². The predicted octanol–water partition coefficient (Wildman–Crippen LogP) is 2.06. The zero-order chi connectivity index (χ0) is 17.5. The highest BCUT2D eigenvalue weighted by atomic mass is 16.5. The van der Waals surface area contributed by atoms with Gasteiger partial charge in [0.15, 0.2) is 0 Å². The topological polar surface area (TPSA) is 53.6 Å². The Labute approximate surface area is 149 Å². The standard InChI is InChI=1S/C19H28N4O2/c1-16-18(13-20-21-16)15-22(2)14-17-5-3-4-6-19(17)25-12-9-23-7-10-24-11-8-23/h3-6,13H,7-12,14-15H2,1-2H3,(H,20,21).